The second kappa shape index (κ2) is 5.19. The quantitative estimate of drug-likeness (QED) is 0.867. The summed E-state index contributed by atoms with van der Waals surface area (Å²) >= 11 is 4.51. The third-order valence-electron chi connectivity index (χ3n) is 1.66. The van der Waals surface area contributed by atoms with Crippen LogP contribution in [0.3, 0.4) is 0 Å². The van der Waals surface area contributed by atoms with Crippen molar-refractivity contribution in [2.75, 3.05) is 0 Å². The molecule has 78 valence electrons. The van der Waals surface area contributed by atoms with E-state index in [1.165, 1.54) is 17.8 Å². The number of aromatic carboxylic acids is 1. The van der Waals surface area contributed by atoms with Crippen molar-refractivity contribution in [1.29, 1.82) is 5.26 Å². The minimum absolute atomic E-state index is 0.227. The van der Waals surface area contributed by atoms with E-state index in [0.29, 0.717) is 4.90 Å². The van der Waals surface area contributed by atoms with E-state index in [1.54, 1.807) is 19.1 Å². The van der Waals surface area contributed by atoms with Crippen LogP contribution in [0.2, 0.25) is 0 Å². The zero-order valence-corrected chi connectivity index (χ0v) is 10.3. The Balaban J connectivity index is 3.08. The Kier molecular flexibility index (Phi) is 4.18. The van der Waals surface area contributed by atoms with Crippen molar-refractivity contribution < 1.29 is 9.90 Å². The highest BCUT2D eigenvalue weighted by Gasteiger charge is 2.13. The molecular formula is C10H8BrNO2S. The zero-order chi connectivity index (χ0) is 11.4. The summed E-state index contributed by atoms with van der Waals surface area (Å²) < 4.78 is 0.806. The SMILES string of the molecule is CC(C#N)Sc1cc(Br)ccc1C(=O)O. The molecule has 1 N–H and O–H groups in total. The Morgan fingerprint density at radius 2 is 2.33 bits per heavy atom. The normalized spacial score (nSPS) is 11.8. The van der Waals surface area contributed by atoms with Gasteiger partial charge in [0.15, 0.2) is 0 Å². The number of rotatable bonds is 3. The van der Waals surface area contributed by atoms with Crippen molar-refractivity contribution in [2.24, 2.45) is 0 Å². The van der Waals surface area contributed by atoms with Gasteiger partial charge in [-0.05, 0) is 25.1 Å². The first-order chi connectivity index (χ1) is 7.04. The van der Waals surface area contributed by atoms with Crippen molar-refractivity contribution in [3.8, 4) is 6.07 Å². The third-order valence-corrected chi connectivity index (χ3v) is 3.20. The highest BCUT2D eigenvalue weighted by molar-refractivity contribution is 9.10. The number of halogens is 1. The number of benzene rings is 1. The van der Waals surface area contributed by atoms with E-state index in [4.69, 9.17) is 10.4 Å². The molecule has 0 heterocycles. The van der Waals surface area contributed by atoms with E-state index in [0.717, 1.165) is 4.47 Å². The lowest BCUT2D eigenvalue weighted by molar-refractivity contribution is 0.0693. The molecule has 0 aromatic heterocycles. The highest BCUT2D eigenvalue weighted by atomic mass is 79.9. The first-order valence-corrected chi connectivity index (χ1v) is 5.81. The molecule has 0 amide bonds. The van der Waals surface area contributed by atoms with Crippen molar-refractivity contribution in [1.82, 2.24) is 0 Å². The largest absolute Gasteiger partial charge is 0.478 e. The van der Waals surface area contributed by atoms with Gasteiger partial charge in [0, 0.05) is 9.37 Å². The van der Waals surface area contributed by atoms with Gasteiger partial charge in [0.2, 0.25) is 0 Å². The Morgan fingerprint density at radius 3 is 2.87 bits per heavy atom. The van der Waals surface area contributed by atoms with Gasteiger partial charge in [-0.25, -0.2) is 4.79 Å². The van der Waals surface area contributed by atoms with Gasteiger partial charge in [-0.15, -0.1) is 11.8 Å². The number of hydrogen-bond donors (Lipinski definition) is 1. The minimum atomic E-state index is -0.977. The van der Waals surface area contributed by atoms with Crippen molar-refractivity contribution in [2.45, 2.75) is 17.1 Å². The van der Waals surface area contributed by atoms with Crippen LogP contribution < -0.4 is 0 Å². The van der Waals surface area contributed by atoms with Gasteiger partial charge in [-0.3, -0.25) is 0 Å². The van der Waals surface area contributed by atoms with Crippen LogP contribution in [0.15, 0.2) is 27.6 Å². The molecule has 0 bridgehead atoms. The molecular weight excluding hydrogens is 278 g/mol. The fourth-order valence-corrected chi connectivity index (χ4v) is 2.41. The standard InChI is InChI=1S/C10H8BrNO2S/c1-6(5-12)15-9-4-7(11)2-3-8(9)10(13)14/h2-4,6H,1H3,(H,13,14). The lowest BCUT2D eigenvalue weighted by Crippen LogP contribution is -2.00. The summed E-state index contributed by atoms with van der Waals surface area (Å²) in [7, 11) is 0. The van der Waals surface area contributed by atoms with E-state index in [9.17, 15) is 4.79 Å². The lowest BCUT2D eigenvalue weighted by Gasteiger charge is -2.07. The maximum atomic E-state index is 10.9. The van der Waals surface area contributed by atoms with Crippen LogP contribution in [0.4, 0.5) is 0 Å². The van der Waals surface area contributed by atoms with Gasteiger partial charge < -0.3 is 5.11 Å². The predicted octanol–water partition coefficient (Wildman–Crippen LogP) is 3.15. The molecule has 0 aliphatic heterocycles. The second-order valence-electron chi connectivity index (χ2n) is 2.83. The van der Waals surface area contributed by atoms with Crippen LogP contribution in [0, 0.1) is 11.3 Å². The van der Waals surface area contributed by atoms with Gasteiger partial charge >= 0.3 is 5.97 Å². The van der Waals surface area contributed by atoms with E-state index in [1.807, 2.05) is 0 Å². The number of carboxylic acid groups (broad SMARTS) is 1. The summed E-state index contributed by atoms with van der Waals surface area (Å²) in [6.45, 7) is 1.73. The van der Waals surface area contributed by atoms with E-state index in [2.05, 4.69) is 22.0 Å². The molecule has 15 heavy (non-hydrogen) atoms. The van der Waals surface area contributed by atoms with Crippen LogP contribution in [-0.2, 0) is 0 Å². The Bertz CT molecular complexity index is 428. The molecule has 0 spiro atoms. The lowest BCUT2D eigenvalue weighted by atomic mass is 10.2. The van der Waals surface area contributed by atoms with Crippen LogP contribution in [0.5, 0.6) is 0 Å². The molecule has 3 nitrogen and oxygen atoms in total. The van der Waals surface area contributed by atoms with Crippen LogP contribution in [0.1, 0.15) is 17.3 Å². The molecule has 0 aliphatic rings. The van der Waals surface area contributed by atoms with Crippen LogP contribution >= 0.6 is 27.7 Å². The molecule has 0 saturated heterocycles. The topological polar surface area (TPSA) is 61.1 Å². The summed E-state index contributed by atoms with van der Waals surface area (Å²) in [5.41, 5.74) is 0.227. The molecule has 0 fully saturated rings. The molecule has 1 aromatic carbocycles. The molecule has 1 atom stereocenters. The average Bonchev–Trinajstić information content (AvgIpc) is 2.17. The van der Waals surface area contributed by atoms with Crippen molar-refractivity contribution in [3.63, 3.8) is 0 Å². The van der Waals surface area contributed by atoms with Crippen molar-refractivity contribution in [3.05, 3.63) is 28.2 Å². The monoisotopic (exact) mass is 285 g/mol. The van der Waals surface area contributed by atoms with Gasteiger partial charge in [0.25, 0.3) is 0 Å². The molecule has 1 rings (SSSR count). The number of nitrogens with zero attached hydrogens (tertiary/aromatic N) is 1. The molecule has 1 aromatic rings. The first-order valence-electron chi connectivity index (χ1n) is 4.13. The number of thioether (sulfide) groups is 1. The summed E-state index contributed by atoms with van der Waals surface area (Å²) in [6.07, 6.45) is 0. The zero-order valence-electron chi connectivity index (χ0n) is 7.90. The summed E-state index contributed by atoms with van der Waals surface area (Å²) in [5.74, 6) is -0.977. The van der Waals surface area contributed by atoms with E-state index >= 15 is 0 Å². The third kappa shape index (κ3) is 3.26. The number of carboxylic acids is 1. The summed E-state index contributed by atoms with van der Waals surface area (Å²) in [5, 5.41) is 17.3. The molecule has 0 aliphatic carbocycles. The Hall–Kier alpha value is -0.990. The summed E-state index contributed by atoms with van der Waals surface area (Å²) in [6, 6.07) is 6.96. The van der Waals surface area contributed by atoms with Crippen LogP contribution in [0.25, 0.3) is 0 Å². The fourth-order valence-electron chi connectivity index (χ4n) is 0.987. The number of nitriles is 1. The number of carbonyl (C=O) groups is 1. The highest BCUT2D eigenvalue weighted by Crippen LogP contribution is 2.29. The second-order valence-corrected chi connectivity index (χ2v) is 5.13. The Morgan fingerprint density at radius 1 is 1.67 bits per heavy atom. The first kappa shape index (κ1) is 12.1. The van der Waals surface area contributed by atoms with Gasteiger partial charge in [-0.2, -0.15) is 5.26 Å². The minimum Gasteiger partial charge on any atom is -0.478 e. The maximum absolute atomic E-state index is 10.9. The predicted molar refractivity (Wildman–Crippen MR) is 62.0 cm³/mol. The smallest absolute Gasteiger partial charge is 0.336 e. The fraction of sp³-hybridized carbons (Fsp3) is 0.200. The average molecular weight is 286 g/mol. The number of hydrogen-bond acceptors (Lipinski definition) is 3. The molecule has 5 heteroatoms. The van der Waals surface area contributed by atoms with Gasteiger partial charge in [0.1, 0.15) is 0 Å². The molecule has 0 radical (unpaired) electrons. The van der Waals surface area contributed by atoms with E-state index < -0.39 is 5.97 Å². The van der Waals surface area contributed by atoms with Crippen LogP contribution in [-0.4, -0.2) is 16.3 Å². The summed E-state index contributed by atoms with van der Waals surface area (Å²) in [4.78, 5) is 11.5. The van der Waals surface area contributed by atoms with E-state index in [-0.39, 0.29) is 10.8 Å². The maximum Gasteiger partial charge on any atom is 0.336 e. The van der Waals surface area contributed by atoms with Gasteiger partial charge in [0.05, 0.1) is 16.9 Å². The van der Waals surface area contributed by atoms with Crippen molar-refractivity contribution >= 4 is 33.7 Å². The molecule has 0 saturated carbocycles. The molecule has 1 unspecified atom stereocenters. The Labute approximate surface area is 100 Å². The van der Waals surface area contributed by atoms with Gasteiger partial charge in [-0.1, -0.05) is 15.9 Å².